The third kappa shape index (κ3) is 5.14. The van der Waals surface area contributed by atoms with E-state index in [1.165, 1.54) is 44.5 Å². The van der Waals surface area contributed by atoms with Gasteiger partial charge in [-0.05, 0) is 36.4 Å². The number of hydrogen-bond acceptors (Lipinski definition) is 5. The van der Waals surface area contributed by atoms with Gasteiger partial charge in [-0.15, -0.1) is 0 Å². The van der Waals surface area contributed by atoms with E-state index in [4.69, 9.17) is 16.3 Å². The molecule has 0 aliphatic rings. The Morgan fingerprint density at radius 2 is 1.70 bits per heavy atom. The molecule has 4 rings (SSSR count). The van der Waals surface area contributed by atoms with Crippen LogP contribution >= 0.6 is 11.6 Å². The van der Waals surface area contributed by atoms with Gasteiger partial charge in [-0.25, -0.2) is 13.8 Å². The molecule has 0 bridgehead atoms. The second-order valence-corrected chi connectivity index (χ2v) is 7.89. The van der Waals surface area contributed by atoms with Gasteiger partial charge in [0.25, 0.3) is 11.5 Å². The summed E-state index contributed by atoms with van der Waals surface area (Å²) in [6, 6.07) is 10.9. The normalized spacial score (nSPS) is 11.0. The highest BCUT2D eigenvalue weighted by Gasteiger charge is 2.28. The lowest BCUT2D eigenvalue weighted by Crippen LogP contribution is -2.23. The number of nitrogens with zero attached hydrogens (tertiary/aromatic N) is 3. The Balaban J connectivity index is 1.87. The fourth-order valence-corrected chi connectivity index (χ4v) is 3.80. The number of ether oxygens (including phenoxy) is 2. The Bertz CT molecular complexity index is 1510. The molecular formula is C24H17ClF4N4O4. The van der Waals surface area contributed by atoms with E-state index in [9.17, 15) is 18.4 Å². The quantitative estimate of drug-likeness (QED) is 0.264. The number of methoxy groups -OCH3 is 1. The van der Waals surface area contributed by atoms with E-state index in [1.807, 2.05) is 0 Å². The van der Waals surface area contributed by atoms with Crippen molar-refractivity contribution >= 4 is 23.2 Å². The highest BCUT2D eigenvalue weighted by atomic mass is 35.5. The largest absolute Gasteiger partial charge is 0.497 e. The van der Waals surface area contributed by atoms with Crippen molar-refractivity contribution in [1.29, 1.82) is 0 Å². The molecule has 0 unspecified atom stereocenters. The summed E-state index contributed by atoms with van der Waals surface area (Å²) in [4.78, 5) is 30.5. The van der Waals surface area contributed by atoms with Crippen LogP contribution in [0.4, 0.5) is 23.2 Å². The summed E-state index contributed by atoms with van der Waals surface area (Å²) in [6.45, 7) is -3.06. The fraction of sp³-hybridized carbons (Fsp3) is 0.125. The number of rotatable bonds is 7. The van der Waals surface area contributed by atoms with Gasteiger partial charge < -0.3 is 14.8 Å². The highest BCUT2D eigenvalue weighted by molar-refractivity contribution is 6.29. The minimum atomic E-state index is -3.06. The molecule has 0 aliphatic heterocycles. The zero-order chi connectivity index (χ0) is 26.9. The predicted molar refractivity (Wildman–Crippen MR) is 127 cm³/mol. The number of carbonyl (C=O) groups excluding carboxylic acids is 1. The number of benzene rings is 2. The van der Waals surface area contributed by atoms with Crippen LogP contribution in [0.15, 0.2) is 59.4 Å². The molecule has 1 N–H and O–H groups in total. The molecule has 0 radical (unpaired) electrons. The molecule has 0 saturated heterocycles. The molecule has 192 valence electrons. The van der Waals surface area contributed by atoms with Gasteiger partial charge in [-0.2, -0.15) is 13.5 Å². The Hall–Kier alpha value is -4.32. The molecule has 2 aromatic carbocycles. The molecule has 37 heavy (non-hydrogen) atoms. The van der Waals surface area contributed by atoms with E-state index in [1.54, 1.807) is 0 Å². The molecular weight excluding hydrogens is 520 g/mol. The van der Waals surface area contributed by atoms with E-state index >= 15 is 8.78 Å². The summed E-state index contributed by atoms with van der Waals surface area (Å²) in [6.07, 6.45) is 0. The van der Waals surface area contributed by atoms with Crippen molar-refractivity contribution in [3.05, 3.63) is 87.3 Å². The molecule has 0 aliphatic carbocycles. The number of pyridine rings is 1. The molecule has 0 atom stereocenters. The standard InChI is InChI=1S/C24H17ClF4N4O4/c1-32-21(19-15(26)10-14(36-2)11-16(19)27)20(23(35)33(32)18-5-3-4-17(25)30-18)31-22(34)12-6-8-13(9-7-12)37-24(28)29/h3-11,24H,1-2H3,(H,31,34). The number of hydrogen-bond donors (Lipinski definition) is 1. The van der Waals surface area contributed by atoms with Gasteiger partial charge in [0, 0.05) is 24.7 Å². The van der Waals surface area contributed by atoms with Gasteiger partial charge in [0.2, 0.25) is 0 Å². The lowest BCUT2D eigenvalue weighted by atomic mass is 10.1. The number of nitrogens with one attached hydrogen (secondary N) is 1. The number of anilines is 1. The second kappa shape index (κ2) is 10.3. The predicted octanol–water partition coefficient (Wildman–Crippen LogP) is 5.03. The number of amides is 1. The molecule has 4 aromatic rings. The summed E-state index contributed by atoms with van der Waals surface area (Å²) in [5, 5.41) is 2.42. The summed E-state index contributed by atoms with van der Waals surface area (Å²) in [7, 11) is 2.57. The smallest absolute Gasteiger partial charge is 0.387 e. The van der Waals surface area contributed by atoms with Crippen LogP contribution in [-0.2, 0) is 7.05 Å². The SMILES string of the molecule is COc1cc(F)c(-c2c(NC(=O)c3ccc(OC(F)F)cc3)c(=O)n(-c3cccc(Cl)n3)n2C)c(F)c1. The molecule has 0 saturated carbocycles. The van der Waals surface area contributed by atoms with Gasteiger partial charge in [0.1, 0.15) is 39.7 Å². The van der Waals surface area contributed by atoms with Crippen LogP contribution in [0.5, 0.6) is 11.5 Å². The first-order valence-electron chi connectivity index (χ1n) is 10.4. The third-order valence-corrected chi connectivity index (χ3v) is 5.46. The summed E-state index contributed by atoms with van der Waals surface area (Å²) < 4.78 is 66.2. The third-order valence-electron chi connectivity index (χ3n) is 5.25. The van der Waals surface area contributed by atoms with Gasteiger partial charge >= 0.3 is 6.61 Å². The molecule has 0 fully saturated rings. The maximum Gasteiger partial charge on any atom is 0.387 e. The molecule has 8 nitrogen and oxygen atoms in total. The maximum atomic E-state index is 15.1. The van der Waals surface area contributed by atoms with Crippen molar-refractivity contribution in [3.8, 4) is 28.6 Å². The Morgan fingerprint density at radius 1 is 1.05 bits per heavy atom. The van der Waals surface area contributed by atoms with E-state index in [0.717, 1.165) is 33.6 Å². The van der Waals surface area contributed by atoms with E-state index in [-0.39, 0.29) is 33.7 Å². The zero-order valence-electron chi connectivity index (χ0n) is 19.1. The van der Waals surface area contributed by atoms with Crippen LogP contribution in [0.3, 0.4) is 0 Å². The summed E-state index contributed by atoms with van der Waals surface area (Å²) in [5.41, 5.74) is -2.30. The average Bonchev–Trinajstić information content (AvgIpc) is 3.07. The van der Waals surface area contributed by atoms with E-state index < -0.39 is 41.0 Å². The molecule has 2 heterocycles. The average molecular weight is 537 g/mol. The lowest BCUT2D eigenvalue weighted by Gasteiger charge is -2.13. The molecule has 13 heteroatoms. The van der Waals surface area contributed by atoms with Crippen LogP contribution in [0.1, 0.15) is 10.4 Å². The Labute approximate surface area is 211 Å². The number of alkyl halides is 2. The lowest BCUT2D eigenvalue weighted by molar-refractivity contribution is -0.0498. The molecule has 1 amide bonds. The van der Waals surface area contributed by atoms with Gasteiger partial charge in [-0.3, -0.25) is 14.3 Å². The first-order chi connectivity index (χ1) is 17.6. The topological polar surface area (TPSA) is 87.4 Å². The van der Waals surface area contributed by atoms with Crippen LogP contribution in [-0.4, -0.2) is 34.0 Å². The van der Waals surface area contributed by atoms with Crippen molar-refractivity contribution < 1.29 is 31.8 Å². The van der Waals surface area contributed by atoms with E-state index in [2.05, 4.69) is 15.0 Å². The van der Waals surface area contributed by atoms with Gasteiger partial charge in [0.05, 0.1) is 12.7 Å². The minimum absolute atomic E-state index is 0.0181. The first-order valence-corrected chi connectivity index (χ1v) is 10.8. The van der Waals surface area contributed by atoms with Crippen LogP contribution in [0, 0.1) is 11.6 Å². The minimum Gasteiger partial charge on any atom is -0.497 e. The monoisotopic (exact) mass is 536 g/mol. The van der Waals surface area contributed by atoms with E-state index in [0.29, 0.717) is 0 Å². The van der Waals surface area contributed by atoms with Crippen molar-refractivity contribution in [3.63, 3.8) is 0 Å². The second-order valence-electron chi connectivity index (χ2n) is 7.51. The number of aromatic nitrogens is 3. The fourth-order valence-electron chi connectivity index (χ4n) is 3.65. The van der Waals surface area contributed by atoms with Crippen LogP contribution in [0.25, 0.3) is 17.1 Å². The Kier molecular flexibility index (Phi) is 7.21. The molecule has 2 aromatic heterocycles. The van der Waals surface area contributed by atoms with Gasteiger partial charge in [-0.1, -0.05) is 17.7 Å². The maximum absolute atomic E-state index is 15.1. The number of carbonyl (C=O) groups is 1. The summed E-state index contributed by atoms with van der Waals surface area (Å²) in [5.74, 6) is -3.25. The van der Waals surface area contributed by atoms with Crippen molar-refractivity contribution in [2.45, 2.75) is 6.61 Å². The van der Waals surface area contributed by atoms with Crippen molar-refractivity contribution in [2.24, 2.45) is 7.05 Å². The van der Waals surface area contributed by atoms with Crippen LogP contribution in [0.2, 0.25) is 5.15 Å². The highest BCUT2D eigenvalue weighted by Crippen LogP contribution is 2.34. The Morgan fingerprint density at radius 3 is 2.27 bits per heavy atom. The van der Waals surface area contributed by atoms with Gasteiger partial charge in [0.15, 0.2) is 5.82 Å². The molecule has 0 spiro atoms. The van der Waals surface area contributed by atoms with Crippen molar-refractivity contribution in [1.82, 2.24) is 14.3 Å². The van der Waals surface area contributed by atoms with Crippen molar-refractivity contribution in [2.75, 3.05) is 12.4 Å². The van der Waals surface area contributed by atoms with Crippen LogP contribution < -0.4 is 20.3 Å². The zero-order valence-corrected chi connectivity index (χ0v) is 19.9. The first kappa shape index (κ1) is 25.8. The summed E-state index contributed by atoms with van der Waals surface area (Å²) >= 11 is 5.96. The number of halogens is 5.